The quantitative estimate of drug-likeness (QED) is 0.459. The van der Waals surface area contributed by atoms with Crippen molar-refractivity contribution in [2.24, 2.45) is 5.92 Å². The van der Waals surface area contributed by atoms with E-state index in [0.717, 1.165) is 13.0 Å². The molecule has 1 unspecified atom stereocenters. The van der Waals surface area contributed by atoms with Crippen molar-refractivity contribution in [1.29, 1.82) is 0 Å². The van der Waals surface area contributed by atoms with Crippen molar-refractivity contribution in [3.63, 3.8) is 0 Å². The van der Waals surface area contributed by atoms with Gasteiger partial charge >= 0.3 is 0 Å². The highest BCUT2D eigenvalue weighted by Gasteiger charge is 2.27. The summed E-state index contributed by atoms with van der Waals surface area (Å²) in [6.07, 6.45) is 4.88. The van der Waals surface area contributed by atoms with E-state index in [0.29, 0.717) is 5.92 Å². The van der Waals surface area contributed by atoms with Crippen LogP contribution in [0.25, 0.3) is 0 Å². The van der Waals surface area contributed by atoms with Crippen molar-refractivity contribution in [3.8, 4) is 0 Å². The van der Waals surface area contributed by atoms with Crippen molar-refractivity contribution in [2.45, 2.75) is 31.5 Å². The van der Waals surface area contributed by atoms with Crippen molar-refractivity contribution in [3.05, 3.63) is 0 Å². The summed E-state index contributed by atoms with van der Waals surface area (Å²) in [6.45, 7) is 2.32. The van der Waals surface area contributed by atoms with Crippen LogP contribution in [0.3, 0.4) is 0 Å². The summed E-state index contributed by atoms with van der Waals surface area (Å²) in [4.78, 5) is 4.54. The van der Waals surface area contributed by atoms with Crippen LogP contribution in [0.4, 0.5) is 0 Å². The van der Waals surface area contributed by atoms with E-state index in [1.807, 2.05) is 21.1 Å². The maximum Gasteiger partial charge on any atom is 0.122 e. The monoisotopic (exact) mass is 287 g/mol. The molecular weight excluding hydrogens is 250 g/mol. The van der Waals surface area contributed by atoms with Crippen LogP contribution in [-0.4, -0.2) is 78.0 Å². The lowest BCUT2D eigenvalue weighted by atomic mass is 9.91. The van der Waals surface area contributed by atoms with E-state index in [1.54, 1.807) is 0 Å². The Morgan fingerprint density at radius 2 is 1.30 bits per heavy atom. The number of hydrogen-bond donors (Lipinski definition) is 3. The van der Waals surface area contributed by atoms with Crippen LogP contribution in [0, 0.1) is 5.92 Å². The molecule has 0 bridgehead atoms. The van der Waals surface area contributed by atoms with E-state index in [4.69, 9.17) is 0 Å². The third-order valence-electron chi connectivity index (χ3n) is 4.08. The minimum atomic E-state index is -0.158. The molecule has 20 heavy (non-hydrogen) atoms. The summed E-state index contributed by atoms with van der Waals surface area (Å²) in [5, 5.41) is 10.2. The molecular formula is C15H37N5. The van der Waals surface area contributed by atoms with Gasteiger partial charge in [-0.15, -0.1) is 0 Å². The molecule has 0 amide bonds. The molecule has 1 atom stereocenters. The van der Waals surface area contributed by atoms with Crippen LogP contribution in [0.15, 0.2) is 0 Å². The molecule has 0 aliphatic heterocycles. The number of nitrogens with zero attached hydrogens (tertiary/aromatic N) is 2. The molecule has 0 aromatic rings. The minimum Gasteiger partial charge on any atom is -0.309 e. The minimum absolute atomic E-state index is 0.158. The highest BCUT2D eigenvalue weighted by Crippen LogP contribution is 2.21. The van der Waals surface area contributed by atoms with Gasteiger partial charge in [-0.2, -0.15) is 0 Å². The lowest BCUT2D eigenvalue weighted by Gasteiger charge is -2.36. The van der Waals surface area contributed by atoms with Gasteiger partial charge in [-0.1, -0.05) is 0 Å². The smallest absolute Gasteiger partial charge is 0.122 e. The maximum atomic E-state index is 3.39. The molecule has 0 saturated carbocycles. The Labute approximate surface area is 126 Å². The number of nitrogens with one attached hydrogen (secondary N) is 3. The van der Waals surface area contributed by atoms with Gasteiger partial charge in [0.05, 0.1) is 0 Å². The summed E-state index contributed by atoms with van der Waals surface area (Å²) in [5.74, 6) is 0.555. The third-order valence-corrected chi connectivity index (χ3v) is 4.08. The average Bonchev–Trinajstić information content (AvgIpc) is 2.41. The Kier molecular flexibility index (Phi) is 10.4. The summed E-state index contributed by atoms with van der Waals surface area (Å²) < 4.78 is 0. The van der Waals surface area contributed by atoms with Gasteiger partial charge in [-0.25, -0.2) is 0 Å². The molecule has 122 valence electrons. The molecule has 5 nitrogen and oxygen atoms in total. The predicted molar refractivity (Wildman–Crippen MR) is 89.0 cm³/mol. The predicted octanol–water partition coefficient (Wildman–Crippen LogP) is 0.598. The Hall–Kier alpha value is -0.200. The van der Waals surface area contributed by atoms with Crippen LogP contribution in [0.2, 0.25) is 0 Å². The van der Waals surface area contributed by atoms with E-state index in [1.165, 1.54) is 25.8 Å². The summed E-state index contributed by atoms with van der Waals surface area (Å²) >= 11 is 0. The van der Waals surface area contributed by atoms with Gasteiger partial charge in [0.15, 0.2) is 0 Å². The van der Waals surface area contributed by atoms with Crippen LogP contribution < -0.4 is 16.0 Å². The van der Waals surface area contributed by atoms with Crippen molar-refractivity contribution >= 4 is 0 Å². The lowest BCUT2D eigenvalue weighted by molar-refractivity contribution is 0.170. The Morgan fingerprint density at radius 3 is 1.70 bits per heavy atom. The SMILES string of the molecule is CNC(CC(CCCN(C)C)CCN(C)C)(NC)NC. The zero-order valence-corrected chi connectivity index (χ0v) is 14.7. The fourth-order valence-electron chi connectivity index (χ4n) is 2.60. The van der Waals surface area contributed by atoms with Crippen LogP contribution in [-0.2, 0) is 0 Å². The van der Waals surface area contributed by atoms with E-state index in [2.05, 4.69) is 53.9 Å². The first kappa shape index (κ1) is 19.8. The largest absolute Gasteiger partial charge is 0.309 e. The molecule has 3 N–H and O–H groups in total. The van der Waals surface area contributed by atoms with Crippen molar-refractivity contribution in [2.75, 3.05) is 62.4 Å². The molecule has 0 aliphatic carbocycles. The second kappa shape index (κ2) is 10.5. The maximum absolute atomic E-state index is 3.39. The molecule has 0 aliphatic rings. The molecule has 0 aromatic carbocycles. The van der Waals surface area contributed by atoms with Crippen LogP contribution in [0.1, 0.15) is 25.7 Å². The van der Waals surface area contributed by atoms with Gasteiger partial charge in [-0.3, -0.25) is 16.0 Å². The van der Waals surface area contributed by atoms with Crippen LogP contribution >= 0.6 is 0 Å². The lowest BCUT2D eigenvalue weighted by Crippen LogP contribution is -2.64. The van der Waals surface area contributed by atoms with Gasteiger partial charge in [0, 0.05) is 0 Å². The highest BCUT2D eigenvalue weighted by atomic mass is 15.3. The van der Waals surface area contributed by atoms with Crippen molar-refractivity contribution in [1.82, 2.24) is 25.8 Å². The van der Waals surface area contributed by atoms with E-state index >= 15 is 0 Å². The third kappa shape index (κ3) is 8.17. The van der Waals surface area contributed by atoms with Gasteiger partial charge in [0.25, 0.3) is 0 Å². The molecule has 5 heteroatoms. The summed E-state index contributed by atoms with van der Waals surface area (Å²) in [6, 6.07) is 0. The summed E-state index contributed by atoms with van der Waals surface area (Å²) in [7, 11) is 14.6. The molecule has 0 spiro atoms. The second-order valence-electron chi connectivity index (χ2n) is 6.26. The number of hydrogen-bond acceptors (Lipinski definition) is 5. The Balaban J connectivity index is 4.48. The molecule has 0 rings (SSSR count). The van der Waals surface area contributed by atoms with E-state index in [-0.39, 0.29) is 5.79 Å². The van der Waals surface area contributed by atoms with Gasteiger partial charge in [0.1, 0.15) is 5.79 Å². The Bertz CT molecular complexity index is 218. The van der Waals surface area contributed by atoms with Crippen LogP contribution in [0.5, 0.6) is 0 Å². The second-order valence-corrected chi connectivity index (χ2v) is 6.26. The Morgan fingerprint density at radius 1 is 0.800 bits per heavy atom. The first-order valence-corrected chi connectivity index (χ1v) is 7.75. The first-order chi connectivity index (χ1) is 9.39. The molecule has 0 heterocycles. The number of rotatable bonds is 12. The molecule has 0 saturated heterocycles. The summed E-state index contributed by atoms with van der Waals surface area (Å²) in [5.41, 5.74) is 0. The topological polar surface area (TPSA) is 42.6 Å². The molecule has 0 fully saturated rings. The molecule has 0 aromatic heterocycles. The normalized spacial score (nSPS) is 14.2. The van der Waals surface area contributed by atoms with E-state index < -0.39 is 0 Å². The zero-order chi connectivity index (χ0) is 15.6. The fourth-order valence-corrected chi connectivity index (χ4v) is 2.60. The van der Waals surface area contributed by atoms with Crippen molar-refractivity contribution < 1.29 is 0 Å². The van der Waals surface area contributed by atoms with Gasteiger partial charge in [-0.05, 0) is 94.0 Å². The first-order valence-electron chi connectivity index (χ1n) is 7.75. The van der Waals surface area contributed by atoms with Gasteiger partial charge in [0.2, 0.25) is 0 Å². The zero-order valence-electron chi connectivity index (χ0n) is 14.7. The average molecular weight is 287 g/mol. The standard InChI is InChI=1S/C15H37N5/c1-16-15(17-2,18-3)13-14(10-12-20(6)7)9-8-11-19(4)5/h14,16-18H,8-13H2,1-7H3. The van der Waals surface area contributed by atoms with Gasteiger partial charge < -0.3 is 9.80 Å². The van der Waals surface area contributed by atoms with E-state index in [9.17, 15) is 0 Å². The fraction of sp³-hybridized carbons (Fsp3) is 1.00. The molecule has 0 radical (unpaired) electrons. The highest BCUT2D eigenvalue weighted by molar-refractivity contribution is 4.82.